The number of sulfonamides is 1. The molecule has 0 unspecified atom stereocenters. The zero-order valence-corrected chi connectivity index (χ0v) is 12.8. The molecule has 0 radical (unpaired) electrons. The molecule has 21 heavy (non-hydrogen) atoms. The van der Waals surface area contributed by atoms with E-state index in [0.29, 0.717) is 25.9 Å². The molecule has 0 aliphatic carbocycles. The number of aromatic nitrogens is 2. The molecular weight excluding hydrogens is 288 g/mol. The van der Waals surface area contributed by atoms with Gasteiger partial charge in [-0.1, -0.05) is 6.07 Å². The molecule has 0 amide bonds. The minimum Gasteiger partial charge on any atom is -0.349 e. The van der Waals surface area contributed by atoms with Gasteiger partial charge in [0, 0.05) is 31.9 Å². The van der Waals surface area contributed by atoms with Crippen LogP contribution < -0.4 is 10.5 Å². The number of H-pyrrole nitrogens is 1. The van der Waals surface area contributed by atoms with Crippen LogP contribution in [0.5, 0.6) is 0 Å². The Labute approximate surface area is 124 Å². The molecule has 2 rings (SSSR count). The van der Waals surface area contributed by atoms with Crippen molar-refractivity contribution in [1.82, 2.24) is 14.7 Å². The summed E-state index contributed by atoms with van der Waals surface area (Å²) in [6.07, 6.45) is 4.82. The molecule has 0 spiro atoms. The van der Waals surface area contributed by atoms with Gasteiger partial charge in [0.05, 0.1) is 4.90 Å². The van der Waals surface area contributed by atoms with Crippen LogP contribution in [-0.4, -0.2) is 24.9 Å². The van der Waals surface area contributed by atoms with E-state index < -0.39 is 10.0 Å². The van der Waals surface area contributed by atoms with Crippen molar-refractivity contribution in [1.29, 1.82) is 0 Å². The number of benzene rings is 1. The fourth-order valence-corrected chi connectivity index (χ4v) is 3.14. The lowest BCUT2D eigenvalue weighted by atomic mass is 10.1. The molecule has 1 aromatic carbocycles. The molecule has 0 saturated carbocycles. The topological polar surface area (TPSA) is 101 Å². The van der Waals surface area contributed by atoms with E-state index in [1.165, 1.54) is 0 Å². The Morgan fingerprint density at radius 2 is 2.19 bits per heavy atom. The summed E-state index contributed by atoms with van der Waals surface area (Å²) in [7, 11) is -3.49. The number of nitrogens with zero attached hydrogens (tertiary/aromatic N) is 1. The molecule has 1 aromatic heterocycles. The maximum Gasteiger partial charge on any atom is 0.240 e. The Hall–Kier alpha value is -1.70. The van der Waals surface area contributed by atoms with Crippen molar-refractivity contribution in [3.63, 3.8) is 0 Å². The highest BCUT2D eigenvalue weighted by Crippen LogP contribution is 2.15. The van der Waals surface area contributed by atoms with E-state index in [2.05, 4.69) is 14.7 Å². The lowest BCUT2D eigenvalue weighted by molar-refractivity contribution is 0.578. The predicted octanol–water partition coefficient (Wildman–Crippen LogP) is 1.09. The van der Waals surface area contributed by atoms with Crippen molar-refractivity contribution in [2.45, 2.75) is 31.2 Å². The molecule has 7 heteroatoms. The summed E-state index contributed by atoms with van der Waals surface area (Å²) in [4.78, 5) is 7.34. The van der Waals surface area contributed by atoms with Crippen molar-refractivity contribution < 1.29 is 8.42 Å². The average Bonchev–Trinajstić information content (AvgIpc) is 2.97. The Balaban J connectivity index is 1.95. The van der Waals surface area contributed by atoms with Crippen LogP contribution in [-0.2, 0) is 23.0 Å². The molecule has 4 N–H and O–H groups in total. The first-order valence-corrected chi connectivity index (χ1v) is 8.29. The summed E-state index contributed by atoms with van der Waals surface area (Å²) in [5, 5.41) is 0. The SMILES string of the molecule is Cc1ccc(S(=O)(=O)NCCCc2ncc[nH]2)cc1CN. The van der Waals surface area contributed by atoms with Crippen molar-refractivity contribution >= 4 is 10.0 Å². The second kappa shape index (κ2) is 6.84. The predicted molar refractivity (Wildman–Crippen MR) is 81.2 cm³/mol. The fraction of sp³-hybridized carbons (Fsp3) is 0.357. The third-order valence-electron chi connectivity index (χ3n) is 3.29. The van der Waals surface area contributed by atoms with Gasteiger partial charge in [0.15, 0.2) is 0 Å². The molecular formula is C14H20N4O2S. The van der Waals surface area contributed by atoms with Crippen LogP contribution in [0.25, 0.3) is 0 Å². The minimum absolute atomic E-state index is 0.256. The lowest BCUT2D eigenvalue weighted by Crippen LogP contribution is -2.25. The monoisotopic (exact) mass is 308 g/mol. The van der Waals surface area contributed by atoms with Gasteiger partial charge in [0.2, 0.25) is 10.0 Å². The van der Waals surface area contributed by atoms with E-state index in [9.17, 15) is 8.42 Å². The van der Waals surface area contributed by atoms with Crippen LogP contribution in [0.2, 0.25) is 0 Å². The van der Waals surface area contributed by atoms with Gasteiger partial charge in [-0.05, 0) is 36.6 Å². The highest BCUT2D eigenvalue weighted by molar-refractivity contribution is 7.89. The molecule has 0 aliphatic rings. The van der Waals surface area contributed by atoms with E-state index in [1.807, 2.05) is 6.92 Å². The number of nitrogens with one attached hydrogen (secondary N) is 2. The minimum atomic E-state index is -3.49. The first-order chi connectivity index (χ1) is 10.0. The van der Waals surface area contributed by atoms with Gasteiger partial charge in [-0.3, -0.25) is 0 Å². The molecule has 1 heterocycles. The van der Waals surface area contributed by atoms with Crippen LogP contribution in [0.3, 0.4) is 0 Å². The zero-order chi connectivity index (χ0) is 15.3. The van der Waals surface area contributed by atoms with Gasteiger partial charge in [0.25, 0.3) is 0 Å². The highest BCUT2D eigenvalue weighted by atomic mass is 32.2. The Morgan fingerprint density at radius 1 is 1.38 bits per heavy atom. The molecule has 0 bridgehead atoms. The van der Waals surface area contributed by atoms with E-state index in [0.717, 1.165) is 17.0 Å². The van der Waals surface area contributed by atoms with Crippen LogP contribution in [0, 0.1) is 6.92 Å². The fourth-order valence-electron chi connectivity index (χ4n) is 2.02. The van der Waals surface area contributed by atoms with Crippen molar-refractivity contribution in [2.24, 2.45) is 5.73 Å². The largest absolute Gasteiger partial charge is 0.349 e. The van der Waals surface area contributed by atoms with Gasteiger partial charge in [-0.15, -0.1) is 0 Å². The quantitative estimate of drug-likeness (QED) is 0.666. The summed E-state index contributed by atoms with van der Waals surface area (Å²) < 4.78 is 27.0. The summed E-state index contributed by atoms with van der Waals surface area (Å²) in [5.41, 5.74) is 7.45. The van der Waals surface area contributed by atoms with E-state index >= 15 is 0 Å². The third-order valence-corrected chi connectivity index (χ3v) is 4.75. The number of rotatable bonds is 7. The van der Waals surface area contributed by atoms with E-state index in [-0.39, 0.29) is 4.90 Å². The third kappa shape index (κ3) is 4.13. The van der Waals surface area contributed by atoms with Crippen molar-refractivity contribution in [3.05, 3.63) is 47.5 Å². The smallest absolute Gasteiger partial charge is 0.240 e. The molecule has 0 aliphatic heterocycles. The van der Waals surface area contributed by atoms with Crippen LogP contribution in [0.1, 0.15) is 23.4 Å². The Bertz CT molecular complexity index is 681. The Kier molecular flexibility index (Phi) is 5.11. The second-order valence-corrected chi connectivity index (χ2v) is 6.60. The van der Waals surface area contributed by atoms with E-state index in [4.69, 9.17) is 5.73 Å². The van der Waals surface area contributed by atoms with Crippen LogP contribution in [0.4, 0.5) is 0 Å². The first-order valence-electron chi connectivity index (χ1n) is 6.80. The van der Waals surface area contributed by atoms with Crippen LogP contribution >= 0.6 is 0 Å². The summed E-state index contributed by atoms with van der Waals surface area (Å²) in [5.74, 6) is 0.856. The normalized spacial score (nSPS) is 11.7. The molecule has 6 nitrogen and oxygen atoms in total. The van der Waals surface area contributed by atoms with Gasteiger partial charge in [-0.25, -0.2) is 18.1 Å². The molecule has 2 aromatic rings. The highest BCUT2D eigenvalue weighted by Gasteiger charge is 2.14. The zero-order valence-electron chi connectivity index (χ0n) is 12.0. The van der Waals surface area contributed by atoms with E-state index in [1.54, 1.807) is 30.6 Å². The number of nitrogens with two attached hydrogens (primary N) is 1. The maximum absolute atomic E-state index is 12.2. The van der Waals surface area contributed by atoms with Gasteiger partial charge < -0.3 is 10.7 Å². The van der Waals surface area contributed by atoms with Crippen molar-refractivity contribution in [3.8, 4) is 0 Å². The lowest BCUT2D eigenvalue weighted by Gasteiger charge is -2.09. The summed E-state index contributed by atoms with van der Waals surface area (Å²) in [6, 6.07) is 5.01. The van der Waals surface area contributed by atoms with Crippen LogP contribution in [0.15, 0.2) is 35.5 Å². The Morgan fingerprint density at radius 3 is 2.86 bits per heavy atom. The number of aryl methyl sites for hydroxylation is 2. The van der Waals surface area contributed by atoms with Gasteiger partial charge in [-0.2, -0.15) is 0 Å². The molecule has 0 fully saturated rings. The maximum atomic E-state index is 12.2. The first kappa shape index (κ1) is 15.7. The number of hydrogen-bond donors (Lipinski definition) is 3. The molecule has 0 atom stereocenters. The number of aromatic amines is 1. The van der Waals surface area contributed by atoms with Gasteiger partial charge >= 0.3 is 0 Å². The summed E-state index contributed by atoms with van der Waals surface area (Å²) >= 11 is 0. The molecule has 114 valence electrons. The number of imidazole rings is 1. The van der Waals surface area contributed by atoms with Crippen molar-refractivity contribution in [2.75, 3.05) is 6.54 Å². The molecule has 0 saturated heterocycles. The number of hydrogen-bond acceptors (Lipinski definition) is 4. The van der Waals surface area contributed by atoms with Gasteiger partial charge in [0.1, 0.15) is 5.82 Å². The average molecular weight is 308 g/mol. The standard InChI is InChI=1S/C14H20N4O2S/c1-11-4-5-13(9-12(11)10-15)21(19,20)18-6-2-3-14-16-7-8-17-14/h4-5,7-9,18H,2-3,6,10,15H2,1H3,(H,16,17). The second-order valence-electron chi connectivity index (χ2n) is 4.83. The summed E-state index contributed by atoms with van der Waals surface area (Å²) in [6.45, 7) is 2.61.